The lowest BCUT2D eigenvalue weighted by atomic mass is 10.2. The number of benzene rings is 2. The van der Waals surface area contributed by atoms with Crippen molar-refractivity contribution in [2.75, 3.05) is 17.2 Å². The molecule has 0 saturated carbocycles. The molecule has 0 radical (unpaired) electrons. The van der Waals surface area contributed by atoms with Crippen molar-refractivity contribution in [3.05, 3.63) is 65.9 Å². The van der Waals surface area contributed by atoms with Gasteiger partial charge in [0.05, 0.1) is 6.42 Å². The Morgan fingerprint density at radius 1 is 0.938 bits per heavy atom. The number of rotatable bonds is 9. The van der Waals surface area contributed by atoms with Crippen molar-refractivity contribution in [1.29, 1.82) is 0 Å². The van der Waals surface area contributed by atoms with Crippen LogP contribution < -0.4 is 15.4 Å². The zero-order chi connectivity index (χ0) is 22.9. The summed E-state index contributed by atoms with van der Waals surface area (Å²) in [6.45, 7) is 3.16. The Balaban J connectivity index is 1.37. The van der Waals surface area contributed by atoms with Crippen LogP contribution in [0.1, 0.15) is 24.2 Å². The molecule has 2 amide bonds. The van der Waals surface area contributed by atoms with Gasteiger partial charge in [0.15, 0.2) is 12.4 Å². The lowest BCUT2D eigenvalue weighted by molar-refractivity contribution is -0.147. The first-order chi connectivity index (χ1) is 15.4. The number of nitrogens with one attached hydrogen (secondary N) is 2. The zero-order valence-electron chi connectivity index (χ0n) is 17.7. The molecular formula is C23H23N3O6. The fraction of sp³-hybridized carbons (Fsp3) is 0.217. The van der Waals surface area contributed by atoms with Crippen molar-refractivity contribution in [2.45, 2.75) is 26.7 Å². The monoisotopic (exact) mass is 437 g/mol. The van der Waals surface area contributed by atoms with Crippen LogP contribution in [0.4, 0.5) is 11.5 Å². The Morgan fingerprint density at radius 3 is 2.38 bits per heavy atom. The highest BCUT2D eigenvalue weighted by atomic mass is 16.5. The van der Waals surface area contributed by atoms with E-state index in [9.17, 15) is 14.4 Å². The molecule has 9 nitrogen and oxygen atoms in total. The fourth-order valence-corrected chi connectivity index (χ4v) is 2.67. The first kappa shape index (κ1) is 22.5. The van der Waals surface area contributed by atoms with Crippen molar-refractivity contribution in [3.8, 4) is 11.5 Å². The lowest BCUT2D eigenvalue weighted by Crippen LogP contribution is -2.21. The molecule has 3 aromatic rings. The van der Waals surface area contributed by atoms with E-state index in [0.717, 1.165) is 11.3 Å². The molecule has 0 aliphatic carbocycles. The predicted octanol–water partition coefficient (Wildman–Crippen LogP) is 3.98. The average molecular weight is 437 g/mol. The minimum Gasteiger partial charge on any atom is -0.457 e. The van der Waals surface area contributed by atoms with Gasteiger partial charge in [-0.2, -0.15) is 0 Å². The highest BCUT2D eigenvalue weighted by Crippen LogP contribution is 2.25. The van der Waals surface area contributed by atoms with Crippen LogP contribution in [0.3, 0.4) is 0 Å². The van der Waals surface area contributed by atoms with Gasteiger partial charge in [0.1, 0.15) is 17.3 Å². The molecule has 0 spiro atoms. The standard InChI is InChI=1S/C23H23N3O6/c1-15-5-3-4-6-19(15)31-18-9-7-17(8-10-18)24-21(27)11-12-23(29)30-14-22(28)25-20-13-16(2)32-26-20/h3-10,13H,11-12,14H2,1-2H3,(H,24,27)(H,25,26,28). The van der Waals surface area contributed by atoms with Crippen molar-refractivity contribution in [2.24, 2.45) is 0 Å². The number of carbonyl (C=O) groups excluding carboxylic acids is 3. The average Bonchev–Trinajstić information content (AvgIpc) is 3.18. The quantitative estimate of drug-likeness (QED) is 0.486. The van der Waals surface area contributed by atoms with E-state index in [-0.39, 0.29) is 24.6 Å². The number of anilines is 2. The number of ether oxygens (including phenoxy) is 2. The molecule has 2 N–H and O–H groups in total. The number of nitrogens with zero attached hydrogens (tertiary/aromatic N) is 1. The SMILES string of the molecule is Cc1cc(NC(=O)COC(=O)CCC(=O)Nc2ccc(Oc3ccccc3C)cc2)no1. The predicted molar refractivity (Wildman–Crippen MR) is 116 cm³/mol. The third-order valence-electron chi connectivity index (χ3n) is 4.28. The molecule has 0 bridgehead atoms. The summed E-state index contributed by atoms with van der Waals surface area (Å²) in [5.74, 6) is 0.609. The molecule has 166 valence electrons. The van der Waals surface area contributed by atoms with Gasteiger partial charge in [0, 0.05) is 18.2 Å². The molecule has 0 saturated heterocycles. The van der Waals surface area contributed by atoms with E-state index in [4.69, 9.17) is 14.0 Å². The molecule has 1 heterocycles. The molecule has 2 aromatic carbocycles. The summed E-state index contributed by atoms with van der Waals surface area (Å²) in [5.41, 5.74) is 1.59. The van der Waals surface area contributed by atoms with Gasteiger partial charge >= 0.3 is 5.97 Å². The minimum atomic E-state index is -0.659. The minimum absolute atomic E-state index is 0.0790. The van der Waals surface area contributed by atoms with Gasteiger partial charge in [-0.1, -0.05) is 23.4 Å². The molecule has 0 aliphatic rings. The van der Waals surface area contributed by atoms with E-state index in [2.05, 4.69) is 15.8 Å². The van der Waals surface area contributed by atoms with E-state index in [1.807, 2.05) is 31.2 Å². The van der Waals surface area contributed by atoms with Crippen LogP contribution in [0, 0.1) is 13.8 Å². The van der Waals surface area contributed by atoms with E-state index in [0.29, 0.717) is 17.2 Å². The van der Waals surface area contributed by atoms with Gasteiger partial charge in [0.2, 0.25) is 5.91 Å². The van der Waals surface area contributed by atoms with Crippen molar-refractivity contribution in [3.63, 3.8) is 0 Å². The molecule has 32 heavy (non-hydrogen) atoms. The topological polar surface area (TPSA) is 120 Å². The molecule has 0 atom stereocenters. The summed E-state index contributed by atoms with van der Waals surface area (Å²) in [4.78, 5) is 35.6. The maximum atomic E-state index is 12.1. The molecule has 0 aliphatic heterocycles. The van der Waals surface area contributed by atoms with Gasteiger partial charge in [-0.05, 0) is 49.7 Å². The molecule has 9 heteroatoms. The number of amides is 2. The van der Waals surface area contributed by atoms with Gasteiger partial charge < -0.3 is 24.6 Å². The van der Waals surface area contributed by atoms with E-state index in [1.54, 1.807) is 31.2 Å². The highest BCUT2D eigenvalue weighted by molar-refractivity contribution is 5.94. The Morgan fingerprint density at radius 2 is 1.69 bits per heavy atom. The van der Waals surface area contributed by atoms with Crippen molar-refractivity contribution in [1.82, 2.24) is 5.16 Å². The largest absolute Gasteiger partial charge is 0.457 e. The Hall–Kier alpha value is -4.14. The number of aromatic nitrogens is 1. The number of aryl methyl sites for hydroxylation is 2. The normalized spacial score (nSPS) is 10.3. The van der Waals surface area contributed by atoms with Crippen LogP contribution in [0.2, 0.25) is 0 Å². The smallest absolute Gasteiger partial charge is 0.306 e. The van der Waals surface area contributed by atoms with Crippen LogP contribution in [-0.2, 0) is 19.1 Å². The second-order valence-corrected chi connectivity index (χ2v) is 6.97. The van der Waals surface area contributed by atoms with Crippen molar-refractivity contribution < 1.29 is 28.4 Å². The molecular weight excluding hydrogens is 414 g/mol. The summed E-state index contributed by atoms with van der Waals surface area (Å²) in [7, 11) is 0. The first-order valence-corrected chi connectivity index (χ1v) is 9.91. The maximum Gasteiger partial charge on any atom is 0.306 e. The number of hydrogen-bond donors (Lipinski definition) is 2. The molecule has 0 fully saturated rings. The van der Waals surface area contributed by atoms with E-state index in [1.165, 1.54) is 6.07 Å². The Labute approximate surface area is 184 Å². The molecule has 1 aromatic heterocycles. The van der Waals surface area contributed by atoms with Crippen LogP contribution in [0.5, 0.6) is 11.5 Å². The fourth-order valence-electron chi connectivity index (χ4n) is 2.67. The third-order valence-corrected chi connectivity index (χ3v) is 4.28. The zero-order valence-corrected chi connectivity index (χ0v) is 17.7. The summed E-state index contributed by atoms with van der Waals surface area (Å²) in [5, 5.41) is 8.73. The van der Waals surface area contributed by atoms with Gasteiger partial charge in [-0.25, -0.2) is 0 Å². The summed E-state index contributed by atoms with van der Waals surface area (Å²) >= 11 is 0. The number of para-hydroxylation sites is 1. The highest BCUT2D eigenvalue weighted by Gasteiger charge is 2.12. The lowest BCUT2D eigenvalue weighted by Gasteiger charge is -2.10. The first-order valence-electron chi connectivity index (χ1n) is 9.91. The van der Waals surface area contributed by atoms with Crippen LogP contribution in [0.15, 0.2) is 59.1 Å². The van der Waals surface area contributed by atoms with Crippen molar-refractivity contribution >= 4 is 29.3 Å². The second-order valence-electron chi connectivity index (χ2n) is 6.97. The maximum absolute atomic E-state index is 12.1. The number of carbonyl (C=O) groups is 3. The summed E-state index contributed by atoms with van der Waals surface area (Å²) in [6.07, 6.45) is -0.235. The third kappa shape index (κ3) is 6.98. The van der Waals surface area contributed by atoms with E-state index < -0.39 is 18.5 Å². The summed E-state index contributed by atoms with van der Waals surface area (Å²) in [6, 6.07) is 16.1. The summed E-state index contributed by atoms with van der Waals surface area (Å²) < 4.78 is 15.5. The second kappa shape index (κ2) is 10.8. The molecule has 3 rings (SSSR count). The van der Waals surface area contributed by atoms with Gasteiger partial charge in [0.25, 0.3) is 5.91 Å². The van der Waals surface area contributed by atoms with Gasteiger partial charge in [-0.15, -0.1) is 0 Å². The Bertz CT molecular complexity index is 1090. The van der Waals surface area contributed by atoms with Crippen LogP contribution in [-0.4, -0.2) is 29.5 Å². The number of esters is 1. The van der Waals surface area contributed by atoms with E-state index >= 15 is 0 Å². The molecule has 0 unspecified atom stereocenters. The van der Waals surface area contributed by atoms with Crippen LogP contribution in [0.25, 0.3) is 0 Å². The van der Waals surface area contributed by atoms with Crippen LogP contribution >= 0.6 is 0 Å². The van der Waals surface area contributed by atoms with Gasteiger partial charge in [-0.3, -0.25) is 14.4 Å². The number of hydrogen-bond acceptors (Lipinski definition) is 7. The Kier molecular flexibility index (Phi) is 7.58.